The van der Waals surface area contributed by atoms with Crippen LogP contribution >= 0.6 is 0 Å². The molecule has 1 aliphatic heterocycles. The number of hydrogen-bond donors (Lipinski definition) is 1. The van der Waals surface area contributed by atoms with Gasteiger partial charge in [0.1, 0.15) is 0 Å². The van der Waals surface area contributed by atoms with Crippen molar-refractivity contribution in [3.63, 3.8) is 0 Å². The number of aromatic nitrogens is 2. The lowest BCUT2D eigenvalue weighted by molar-refractivity contribution is -0.132. The van der Waals surface area contributed by atoms with Crippen molar-refractivity contribution < 1.29 is 9.53 Å². The van der Waals surface area contributed by atoms with E-state index in [2.05, 4.69) is 20.2 Å². The molecule has 1 aromatic heterocycles. The van der Waals surface area contributed by atoms with Gasteiger partial charge in [-0.1, -0.05) is 0 Å². The zero-order valence-electron chi connectivity index (χ0n) is 10.9. The fourth-order valence-electron chi connectivity index (χ4n) is 1.99. The number of aryl methyl sites for hydroxylation is 2. The molecule has 6 nitrogen and oxygen atoms in total. The lowest BCUT2D eigenvalue weighted by atomic mass is 10.2. The largest absolute Gasteiger partial charge is 0.365 e. The van der Waals surface area contributed by atoms with Gasteiger partial charge in [-0.2, -0.15) is 0 Å². The van der Waals surface area contributed by atoms with E-state index in [1.165, 1.54) is 0 Å². The van der Waals surface area contributed by atoms with Gasteiger partial charge in [0, 0.05) is 19.8 Å². The Kier molecular flexibility index (Phi) is 3.76. The first-order valence-corrected chi connectivity index (χ1v) is 6.00. The molecular formula is C12H18N4O2. The third kappa shape index (κ3) is 2.59. The van der Waals surface area contributed by atoms with Gasteiger partial charge in [-0.05, 0) is 13.8 Å². The molecule has 0 radical (unpaired) electrons. The van der Waals surface area contributed by atoms with E-state index in [0.717, 1.165) is 23.8 Å². The predicted molar refractivity (Wildman–Crippen MR) is 67.5 cm³/mol. The van der Waals surface area contributed by atoms with Gasteiger partial charge in [0.2, 0.25) is 0 Å². The van der Waals surface area contributed by atoms with Crippen molar-refractivity contribution in [2.45, 2.75) is 20.0 Å². The van der Waals surface area contributed by atoms with E-state index in [1.54, 1.807) is 13.2 Å². The van der Waals surface area contributed by atoms with Gasteiger partial charge in [-0.15, -0.1) is 0 Å². The van der Waals surface area contributed by atoms with Crippen LogP contribution in [0.3, 0.4) is 0 Å². The summed E-state index contributed by atoms with van der Waals surface area (Å²) in [6.45, 7) is 5.59. The summed E-state index contributed by atoms with van der Waals surface area (Å²) in [5.74, 6) is 0.741. The number of rotatable bonds is 2. The summed E-state index contributed by atoms with van der Waals surface area (Å²) in [7, 11) is 1.61. The molecule has 0 aromatic carbocycles. The topological polar surface area (TPSA) is 67.4 Å². The van der Waals surface area contributed by atoms with Crippen LogP contribution in [-0.2, 0) is 9.53 Å². The number of nitrogens with one attached hydrogen (secondary N) is 1. The standard InChI is InChI=1S/C12H18N4O2/c1-8-6-14-9(2)11(15-8)16-4-5-18-10(7-16)12(17)13-3/h6,10H,4-5,7H2,1-3H3,(H,13,17). The normalized spacial score (nSPS) is 19.7. The van der Waals surface area contributed by atoms with Gasteiger partial charge in [-0.3, -0.25) is 9.78 Å². The molecule has 1 fully saturated rings. The van der Waals surface area contributed by atoms with Crippen LogP contribution < -0.4 is 10.2 Å². The number of ether oxygens (including phenoxy) is 1. The molecule has 0 aliphatic carbocycles. The zero-order valence-corrected chi connectivity index (χ0v) is 10.9. The fraction of sp³-hybridized carbons (Fsp3) is 0.583. The molecule has 2 heterocycles. The first kappa shape index (κ1) is 12.8. The average Bonchev–Trinajstić information content (AvgIpc) is 2.40. The van der Waals surface area contributed by atoms with Crippen molar-refractivity contribution in [1.29, 1.82) is 0 Å². The summed E-state index contributed by atoms with van der Waals surface area (Å²) in [5, 5.41) is 2.61. The molecule has 1 unspecified atom stereocenters. The highest BCUT2D eigenvalue weighted by molar-refractivity contribution is 5.81. The summed E-state index contributed by atoms with van der Waals surface area (Å²) >= 11 is 0. The second-order valence-electron chi connectivity index (χ2n) is 4.34. The summed E-state index contributed by atoms with van der Waals surface area (Å²) in [6, 6.07) is 0. The van der Waals surface area contributed by atoms with Gasteiger partial charge >= 0.3 is 0 Å². The number of anilines is 1. The number of likely N-dealkylation sites (N-methyl/N-ethyl adjacent to an activating group) is 1. The lowest BCUT2D eigenvalue weighted by Crippen LogP contribution is -2.49. The minimum absolute atomic E-state index is 0.0991. The van der Waals surface area contributed by atoms with E-state index in [4.69, 9.17) is 4.74 Å². The molecule has 0 spiro atoms. The number of carbonyl (C=O) groups excluding carboxylic acids is 1. The first-order chi connectivity index (χ1) is 8.61. The minimum Gasteiger partial charge on any atom is -0.365 e. The molecule has 1 aliphatic rings. The predicted octanol–water partition coefficient (Wildman–Crippen LogP) is 0.0446. The van der Waals surface area contributed by atoms with Gasteiger partial charge < -0.3 is 15.0 Å². The maximum atomic E-state index is 11.6. The molecule has 98 valence electrons. The molecule has 2 rings (SSSR count). The molecule has 18 heavy (non-hydrogen) atoms. The number of morpholine rings is 1. The Bertz CT molecular complexity index is 450. The first-order valence-electron chi connectivity index (χ1n) is 6.00. The zero-order chi connectivity index (χ0) is 13.1. The van der Waals surface area contributed by atoms with Crippen molar-refractivity contribution in [2.24, 2.45) is 0 Å². The van der Waals surface area contributed by atoms with Crippen molar-refractivity contribution in [1.82, 2.24) is 15.3 Å². The molecule has 6 heteroatoms. The van der Waals surface area contributed by atoms with Crippen LogP contribution in [0.2, 0.25) is 0 Å². The molecule has 0 saturated carbocycles. The quantitative estimate of drug-likeness (QED) is 0.803. The molecular weight excluding hydrogens is 232 g/mol. The highest BCUT2D eigenvalue weighted by Gasteiger charge is 2.27. The second kappa shape index (κ2) is 5.30. The van der Waals surface area contributed by atoms with Crippen LogP contribution in [0.5, 0.6) is 0 Å². The van der Waals surface area contributed by atoms with Gasteiger partial charge in [0.15, 0.2) is 11.9 Å². The van der Waals surface area contributed by atoms with E-state index in [0.29, 0.717) is 13.2 Å². The van der Waals surface area contributed by atoms with E-state index < -0.39 is 6.10 Å². The number of amides is 1. The van der Waals surface area contributed by atoms with Crippen LogP contribution in [0.15, 0.2) is 6.20 Å². The van der Waals surface area contributed by atoms with Crippen molar-refractivity contribution in [2.75, 3.05) is 31.6 Å². The van der Waals surface area contributed by atoms with Crippen molar-refractivity contribution in [3.8, 4) is 0 Å². The smallest absolute Gasteiger partial charge is 0.250 e. The Morgan fingerprint density at radius 1 is 1.56 bits per heavy atom. The molecule has 0 bridgehead atoms. The Labute approximate surface area is 106 Å². The Balaban J connectivity index is 2.18. The molecule has 1 amide bonds. The Morgan fingerprint density at radius 2 is 2.33 bits per heavy atom. The lowest BCUT2D eigenvalue weighted by Gasteiger charge is -2.33. The fourth-order valence-corrected chi connectivity index (χ4v) is 1.99. The van der Waals surface area contributed by atoms with Crippen molar-refractivity contribution in [3.05, 3.63) is 17.6 Å². The average molecular weight is 250 g/mol. The van der Waals surface area contributed by atoms with E-state index in [1.807, 2.05) is 13.8 Å². The molecule has 1 N–H and O–H groups in total. The van der Waals surface area contributed by atoms with Gasteiger partial charge in [0.05, 0.1) is 24.5 Å². The van der Waals surface area contributed by atoms with Crippen LogP contribution in [0.1, 0.15) is 11.4 Å². The van der Waals surface area contributed by atoms with Crippen LogP contribution in [-0.4, -0.2) is 48.7 Å². The summed E-state index contributed by atoms with van der Waals surface area (Å²) in [6.07, 6.45) is 1.31. The third-order valence-electron chi connectivity index (χ3n) is 2.96. The number of hydrogen-bond acceptors (Lipinski definition) is 5. The molecule has 1 aromatic rings. The second-order valence-corrected chi connectivity index (χ2v) is 4.34. The number of carbonyl (C=O) groups is 1. The summed E-state index contributed by atoms with van der Waals surface area (Å²) in [4.78, 5) is 22.4. The highest BCUT2D eigenvalue weighted by atomic mass is 16.5. The Morgan fingerprint density at radius 3 is 3.06 bits per heavy atom. The van der Waals surface area contributed by atoms with E-state index in [9.17, 15) is 4.79 Å². The summed E-state index contributed by atoms with van der Waals surface area (Å²) in [5.41, 5.74) is 1.75. The monoisotopic (exact) mass is 250 g/mol. The van der Waals surface area contributed by atoms with Crippen molar-refractivity contribution >= 4 is 11.7 Å². The summed E-state index contributed by atoms with van der Waals surface area (Å²) < 4.78 is 5.45. The van der Waals surface area contributed by atoms with Gasteiger partial charge in [0.25, 0.3) is 5.91 Å². The maximum absolute atomic E-state index is 11.6. The van der Waals surface area contributed by atoms with Gasteiger partial charge in [-0.25, -0.2) is 4.98 Å². The van der Waals surface area contributed by atoms with E-state index >= 15 is 0 Å². The maximum Gasteiger partial charge on any atom is 0.250 e. The Hall–Kier alpha value is -1.69. The highest BCUT2D eigenvalue weighted by Crippen LogP contribution is 2.18. The SMILES string of the molecule is CNC(=O)C1CN(c2nc(C)cnc2C)CCO1. The minimum atomic E-state index is -0.439. The number of nitrogens with zero attached hydrogens (tertiary/aromatic N) is 3. The van der Waals surface area contributed by atoms with Crippen LogP contribution in [0.4, 0.5) is 5.82 Å². The molecule has 1 atom stereocenters. The van der Waals surface area contributed by atoms with E-state index in [-0.39, 0.29) is 5.91 Å². The van der Waals surface area contributed by atoms with Crippen LogP contribution in [0, 0.1) is 13.8 Å². The third-order valence-corrected chi connectivity index (χ3v) is 2.96. The molecule has 1 saturated heterocycles. The van der Waals surface area contributed by atoms with Crippen LogP contribution in [0.25, 0.3) is 0 Å².